The van der Waals surface area contributed by atoms with E-state index in [4.69, 9.17) is 0 Å². The highest BCUT2D eigenvalue weighted by molar-refractivity contribution is 8.14. The Balaban J connectivity index is 2.35. The molecule has 0 spiro atoms. The number of rotatable bonds is 5. The Kier molecular flexibility index (Phi) is 5.83. The second kappa shape index (κ2) is 6.64. The topological polar surface area (TPSA) is 41.5 Å². The maximum Gasteiger partial charge on any atom is 0.157 e. The minimum Gasteiger partial charge on any atom is -0.362 e. The van der Waals surface area contributed by atoms with Crippen molar-refractivity contribution in [3.63, 3.8) is 0 Å². The molecular weight excluding hydrogens is 240 g/mol. The molecule has 0 bridgehead atoms. The van der Waals surface area contributed by atoms with Gasteiger partial charge in [-0.3, -0.25) is 9.20 Å². The summed E-state index contributed by atoms with van der Waals surface area (Å²) in [5, 5.41) is 4.36. The zero-order valence-corrected chi connectivity index (χ0v) is 12.2. The number of amidine groups is 1. The highest BCUT2D eigenvalue weighted by atomic mass is 32.2. The van der Waals surface area contributed by atoms with Crippen molar-refractivity contribution >= 4 is 27.7 Å². The van der Waals surface area contributed by atoms with E-state index >= 15 is 0 Å². The third-order valence-electron chi connectivity index (χ3n) is 2.31. The van der Waals surface area contributed by atoms with E-state index in [0.29, 0.717) is 17.7 Å². The lowest BCUT2D eigenvalue weighted by atomic mass is 10.1. The minimum absolute atomic E-state index is 0.245. The first kappa shape index (κ1) is 14.0. The van der Waals surface area contributed by atoms with Crippen LogP contribution in [0.2, 0.25) is 0 Å². The summed E-state index contributed by atoms with van der Waals surface area (Å²) < 4.78 is 11.1. The minimum atomic E-state index is -0.740. The number of aliphatic imine (C=N–C) groups is 1. The molecule has 0 aromatic heterocycles. The molecule has 1 heterocycles. The molecule has 1 rings (SSSR count). The van der Waals surface area contributed by atoms with Gasteiger partial charge in [-0.2, -0.15) is 0 Å². The Morgan fingerprint density at radius 2 is 2.25 bits per heavy atom. The first-order chi connectivity index (χ1) is 7.47. The summed E-state index contributed by atoms with van der Waals surface area (Å²) in [7, 11) is -0.740. The van der Waals surface area contributed by atoms with Crippen molar-refractivity contribution < 1.29 is 4.21 Å². The maximum absolute atomic E-state index is 11.1. The molecule has 1 aliphatic rings. The molecule has 1 aliphatic heterocycles. The zero-order chi connectivity index (χ0) is 12.1. The lowest BCUT2D eigenvalue weighted by molar-refractivity contribution is 0.528. The lowest BCUT2D eigenvalue weighted by Gasteiger charge is -2.12. The van der Waals surface area contributed by atoms with Crippen molar-refractivity contribution in [2.24, 2.45) is 10.9 Å². The Morgan fingerprint density at radius 1 is 1.56 bits per heavy atom. The molecule has 16 heavy (non-hydrogen) atoms. The largest absolute Gasteiger partial charge is 0.362 e. The van der Waals surface area contributed by atoms with Crippen LogP contribution < -0.4 is 5.32 Å². The van der Waals surface area contributed by atoms with E-state index in [0.717, 1.165) is 17.3 Å². The monoisotopic (exact) mass is 262 g/mol. The molecule has 5 heteroatoms. The highest BCUT2D eigenvalue weighted by Crippen LogP contribution is 2.21. The summed E-state index contributed by atoms with van der Waals surface area (Å²) in [5.74, 6) is 2.48. The second-order valence-electron chi connectivity index (χ2n) is 4.81. The smallest absolute Gasteiger partial charge is 0.157 e. The van der Waals surface area contributed by atoms with Crippen molar-refractivity contribution in [2.45, 2.75) is 39.3 Å². The fourth-order valence-electron chi connectivity index (χ4n) is 1.76. The van der Waals surface area contributed by atoms with Gasteiger partial charge >= 0.3 is 0 Å². The van der Waals surface area contributed by atoms with Crippen LogP contribution in [0.3, 0.4) is 0 Å². The molecule has 0 saturated carbocycles. The van der Waals surface area contributed by atoms with E-state index in [2.05, 4.69) is 31.1 Å². The van der Waals surface area contributed by atoms with E-state index in [1.807, 2.05) is 0 Å². The van der Waals surface area contributed by atoms with Crippen LogP contribution in [0.15, 0.2) is 4.99 Å². The highest BCUT2D eigenvalue weighted by Gasteiger charge is 2.20. The van der Waals surface area contributed by atoms with Gasteiger partial charge in [0.05, 0.1) is 6.04 Å². The van der Waals surface area contributed by atoms with Crippen LogP contribution in [0.25, 0.3) is 0 Å². The molecular formula is C11H22N2OS2. The van der Waals surface area contributed by atoms with Gasteiger partial charge in [-0.15, -0.1) is 0 Å². The predicted octanol–water partition coefficient (Wildman–Crippen LogP) is 1.86. The van der Waals surface area contributed by atoms with Crippen molar-refractivity contribution in [2.75, 3.05) is 17.8 Å². The van der Waals surface area contributed by atoms with Crippen LogP contribution in [0.5, 0.6) is 0 Å². The third kappa shape index (κ3) is 5.34. The molecule has 0 radical (unpaired) electrons. The molecule has 1 N–H and O–H groups in total. The normalized spacial score (nSPS) is 24.3. The molecule has 0 aromatic carbocycles. The van der Waals surface area contributed by atoms with E-state index in [1.165, 1.54) is 0 Å². The van der Waals surface area contributed by atoms with E-state index < -0.39 is 10.8 Å². The van der Waals surface area contributed by atoms with Gasteiger partial charge in [-0.25, -0.2) is 0 Å². The van der Waals surface area contributed by atoms with Crippen LogP contribution >= 0.6 is 11.8 Å². The Hall–Kier alpha value is -0.0300. The fourth-order valence-corrected chi connectivity index (χ4v) is 3.62. The fraction of sp³-hybridized carbons (Fsp3) is 0.909. The van der Waals surface area contributed by atoms with Crippen LogP contribution in [-0.2, 0) is 10.8 Å². The summed E-state index contributed by atoms with van der Waals surface area (Å²) in [6.07, 6.45) is 2.90. The van der Waals surface area contributed by atoms with Gasteiger partial charge in [0, 0.05) is 34.6 Å². The molecule has 0 aliphatic carbocycles. The molecule has 0 aromatic rings. The third-order valence-corrected chi connectivity index (χ3v) is 4.33. The zero-order valence-electron chi connectivity index (χ0n) is 10.5. The Morgan fingerprint density at radius 3 is 2.81 bits per heavy atom. The quantitative estimate of drug-likeness (QED) is 0.822. The number of nitrogens with zero attached hydrogens (tertiary/aromatic N) is 1. The van der Waals surface area contributed by atoms with Gasteiger partial charge in [-0.05, 0) is 19.3 Å². The van der Waals surface area contributed by atoms with Gasteiger partial charge < -0.3 is 5.32 Å². The summed E-state index contributed by atoms with van der Waals surface area (Å²) in [5.41, 5.74) is 0. The van der Waals surface area contributed by atoms with Crippen LogP contribution in [0.4, 0.5) is 0 Å². The Bertz CT molecular complexity index is 279. The van der Waals surface area contributed by atoms with Crippen LogP contribution in [0.1, 0.15) is 27.2 Å². The number of hydrogen-bond acceptors (Lipinski definition) is 4. The van der Waals surface area contributed by atoms with Crippen LogP contribution in [-0.4, -0.2) is 39.2 Å². The average molecular weight is 262 g/mol. The molecule has 94 valence electrons. The molecule has 0 amide bonds. The first-order valence-corrected chi connectivity index (χ1v) is 8.45. The average Bonchev–Trinajstić information content (AvgIpc) is 2.49. The molecule has 3 atom stereocenters. The van der Waals surface area contributed by atoms with Crippen molar-refractivity contribution in [3.05, 3.63) is 0 Å². The van der Waals surface area contributed by atoms with E-state index in [-0.39, 0.29) is 6.04 Å². The molecule has 3 nitrogen and oxygen atoms in total. The van der Waals surface area contributed by atoms with Crippen molar-refractivity contribution in [1.29, 1.82) is 0 Å². The lowest BCUT2D eigenvalue weighted by Crippen LogP contribution is -2.34. The first-order valence-electron chi connectivity index (χ1n) is 5.74. The number of thioether (sulfide) groups is 1. The second-order valence-corrected chi connectivity index (χ2v) is 7.30. The van der Waals surface area contributed by atoms with Gasteiger partial charge in [0.15, 0.2) is 5.17 Å². The van der Waals surface area contributed by atoms with E-state index in [1.54, 1.807) is 18.0 Å². The summed E-state index contributed by atoms with van der Waals surface area (Å²) in [6.45, 7) is 6.52. The van der Waals surface area contributed by atoms with E-state index in [9.17, 15) is 4.21 Å². The summed E-state index contributed by atoms with van der Waals surface area (Å²) >= 11 is 1.79. The number of hydrogen-bond donors (Lipinski definition) is 1. The van der Waals surface area contributed by atoms with Crippen molar-refractivity contribution in [1.82, 2.24) is 5.32 Å². The number of nitrogens with one attached hydrogen (secondary N) is 1. The molecule has 3 unspecified atom stereocenters. The van der Waals surface area contributed by atoms with Crippen LogP contribution in [0, 0.1) is 5.92 Å². The van der Waals surface area contributed by atoms with Crippen molar-refractivity contribution in [3.8, 4) is 0 Å². The summed E-state index contributed by atoms with van der Waals surface area (Å²) in [4.78, 5) is 4.65. The summed E-state index contributed by atoms with van der Waals surface area (Å²) in [6, 6.07) is 0.710. The van der Waals surface area contributed by atoms with Gasteiger partial charge in [-0.1, -0.05) is 25.6 Å². The Labute approximate surface area is 105 Å². The van der Waals surface area contributed by atoms with Gasteiger partial charge in [0.25, 0.3) is 0 Å². The standard InChI is InChI=1S/C11H22N2OS2/c1-8(2)5-10-6-15-11(13-10)12-9(3)7-16(4)14/h8-10H,5-7H2,1-4H3,(H,12,13). The predicted molar refractivity (Wildman–Crippen MR) is 74.7 cm³/mol. The molecule has 0 saturated heterocycles. The van der Waals surface area contributed by atoms with Gasteiger partial charge in [0.1, 0.15) is 0 Å². The maximum atomic E-state index is 11.1. The SMILES string of the molecule is CC(C)CC1CSC(NC(C)CS(C)=O)=N1. The molecule has 0 fully saturated rings. The van der Waals surface area contributed by atoms with Gasteiger partial charge in [0.2, 0.25) is 0 Å².